The van der Waals surface area contributed by atoms with Crippen LogP contribution in [0.5, 0.6) is 11.5 Å². The highest BCUT2D eigenvalue weighted by Gasteiger charge is 2.10. The summed E-state index contributed by atoms with van der Waals surface area (Å²) in [6.45, 7) is 3.78. The van der Waals surface area contributed by atoms with Crippen LogP contribution in [0, 0.1) is 6.92 Å². The Morgan fingerprint density at radius 2 is 1.94 bits per heavy atom. The molecule has 9 nitrogen and oxygen atoms in total. The second kappa shape index (κ2) is 10.5. The largest absolute Gasteiger partial charge is 0.497 e. The van der Waals surface area contributed by atoms with E-state index in [0.29, 0.717) is 11.1 Å². The number of nitrogens with one attached hydrogen (secondary N) is 3. The first-order valence-electron chi connectivity index (χ1n) is 9.43. The van der Waals surface area contributed by atoms with Gasteiger partial charge in [0.1, 0.15) is 11.5 Å². The molecule has 0 aliphatic rings. The molecule has 3 N–H and O–H groups in total. The van der Waals surface area contributed by atoms with E-state index < -0.39 is 0 Å². The highest BCUT2D eigenvalue weighted by molar-refractivity contribution is 7.99. The summed E-state index contributed by atoms with van der Waals surface area (Å²) in [6, 6.07) is 13.1. The molecule has 3 rings (SSSR count). The monoisotopic (exact) mass is 440 g/mol. The van der Waals surface area contributed by atoms with Crippen LogP contribution in [0.1, 0.15) is 18.1 Å². The van der Waals surface area contributed by atoms with Crippen molar-refractivity contribution in [2.24, 2.45) is 5.10 Å². The van der Waals surface area contributed by atoms with E-state index >= 15 is 0 Å². The standard InChI is InChI=1S/C21H24N6O3S/c1-13-10-17(30-4)8-9-18(13)22-19(28)12-31-21-23-20(26-27-21)25-24-14(2)15-6-5-7-16(11-15)29-3/h5-11H,12H2,1-4H3,(H,22,28)(H2,23,25,26,27)/b24-14+. The smallest absolute Gasteiger partial charge is 0.240 e. The number of benzene rings is 2. The lowest BCUT2D eigenvalue weighted by molar-refractivity contribution is -0.113. The number of anilines is 2. The van der Waals surface area contributed by atoms with Gasteiger partial charge in [0.25, 0.3) is 0 Å². The van der Waals surface area contributed by atoms with Crippen molar-refractivity contribution in [2.75, 3.05) is 30.7 Å². The molecule has 0 spiro atoms. The predicted octanol–water partition coefficient (Wildman–Crippen LogP) is 3.70. The quantitative estimate of drug-likeness (QED) is 0.264. The molecule has 3 aromatic rings. The highest BCUT2D eigenvalue weighted by Crippen LogP contribution is 2.22. The molecule has 2 aromatic carbocycles. The molecule has 0 saturated heterocycles. The Hall–Kier alpha value is -3.53. The Labute approximate surface area is 184 Å². The molecule has 0 aliphatic heterocycles. The summed E-state index contributed by atoms with van der Waals surface area (Å²) in [6.07, 6.45) is 0. The molecule has 1 heterocycles. The number of amides is 1. The Kier molecular flexibility index (Phi) is 7.50. The normalized spacial score (nSPS) is 11.2. The number of rotatable bonds is 9. The number of methoxy groups -OCH3 is 2. The van der Waals surface area contributed by atoms with Crippen LogP contribution in [0.4, 0.5) is 11.6 Å². The minimum Gasteiger partial charge on any atom is -0.497 e. The van der Waals surface area contributed by atoms with Crippen molar-refractivity contribution in [2.45, 2.75) is 19.0 Å². The molecule has 0 fully saturated rings. The number of hydrogen-bond acceptors (Lipinski definition) is 8. The van der Waals surface area contributed by atoms with Gasteiger partial charge in [0.15, 0.2) is 0 Å². The number of aryl methyl sites for hydroxylation is 1. The third kappa shape index (κ3) is 6.22. The summed E-state index contributed by atoms with van der Waals surface area (Å²) in [5, 5.41) is 14.5. The van der Waals surface area contributed by atoms with Crippen molar-refractivity contribution >= 4 is 35.0 Å². The molecular formula is C21H24N6O3S. The zero-order valence-corrected chi connectivity index (χ0v) is 18.5. The molecule has 162 valence electrons. The predicted molar refractivity (Wildman–Crippen MR) is 122 cm³/mol. The molecule has 0 saturated carbocycles. The molecular weight excluding hydrogens is 416 g/mol. The van der Waals surface area contributed by atoms with Crippen molar-refractivity contribution in [3.05, 3.63) is 53.6 Å². The molecule has 31 heavy (non-hydrogen) atoms. The number of H-pyrrole nitrogens is 1. The van der Waals surface area contributed by atoms with Gasteiger partial charge in [0, 0.05) is 11.3 Å². The number of ether oxygens (including phenoxy) is 2. The minimum atomic E-state index is -0.149. The number of carbonyl (C=O) groups excluding carboxylic acids is 1. The van der Waals surface area contributed by atoms with E-state index in [9.17, 15) is 4.79 Å². The van der Waals surface area contributed by atoms with E-state index in [0.717, 1.165) is 34.0 Å². The average Bonchev–Trinajstić information content (AvgIpc) is 3.25. The maximum absolute atomic E-state index is 12.2. The summed E-state index contributed by atoms with van der Waals surface area (Å²) in [5.74, 6) is 1.92. The topological polar surface area (TPSA) is 114 Å². The number of carbonyl (C=O) groups is 1. The lowest BCUT2D eigenvalue weighted by Gasteiger charge is -2.09. The van der Waals surface area contributed by atoms with Crippen molar-refractivity contribution < 1.29 is 14.3 Å². The van der Waals surface area contributed by atoms with E-state index in [1.54, 1.807) is 20.3 Å². The zero-order chi connectivity index (χ0) is 22.2. The van der Waals surface area contributed by atoms with E-state index in [-0.39, 0.29) is 11.7 Å². The third-order valence-corrected chi connectivity index (χ3v) is 5.17. The van der Waals surface area contributed by atoms with Gasteiger partial charge >= 0.3 is 0 Å². The van der Waals surface area contributed by atoms with Crippen LogP contribution in [0.2, 0.25) is 0 Å². The van der Waals surface area contributed by atoms with Gasteiger partial charge in [-0.3, -0.25) is 4.79 Å². The maximum atomic E-state index is 12.2. The van der Waals surface area contributed by atoms with Crippen molar-refractivity contribution in [1.29, 1.82) is 0 Å². The SMILES string of the molecule is COc1cccc(/C(C)=N/Nc2nc(SCC(=O)Nc3ccc(OC)cc3C)n[nH]2)c1. The van der Waals surface area contributed by atoms with Crippen LogP contribution in [0.15, 0.2) is 52.7 Å². The number of aromatic amines is 1. The van der Waals surface area contributed by atoms with Gasteiger partial charge in [0.2, 0.25) is 17.0 Å². The van der Waals surface area contributed by atoms with Crippen LogP contribution in [0.3, 0.4) is 0 Å². The number of hydrazone groups is 1. The Morgan fingerprint density at radius 1 is 1.16 bits per heavy atom. The first-order valence-corrected chi connectivity index (χ1v) is 10.4. The lowest BCUT2D eigenvalue weighted by Crippen LogP contribution is -2.15. The van der Waals surface area contributed by atoms with Gasteiger partial charge in [-0.2, -0.15) is 10.1 Å². The summed E-state index contributed by atoms with van der Waals surface area (Å²) in [5.41, 5.74) is 6.19. The summed E-state index contributed by atoms with van der Waals surface area (Å²) < 4.78 is 10.4. The first kappa shape index (κ1) is 22.2. The van der Waals surface area contributed by atoms with Gasteiger partial charge in [-0.15, -0.1) is 5.10 Å². The average molecular weight is 441 g/mol. The third-order valence-electron chi connectivity index (χ3n) is 4.32. The van der Waals surface area contributed by atoms with Crippen LogP contribution in [-0.4, -0.2) is 46.8 Å². The van der Waals surface area contributed by atoms with E-state index in [1.807, 2.05) is 50.2 Å². The second-order valence-corrected chi connectivity index (χ2v) is 7.47. The van der Waals surface area contributed by atoms with E-state index in [2.05, 4.69) is 31.0 Å². The number of hydrogen-bond donors (Lipinski definition) is 3. The zero-order valence-electron chi connectivity index (χ0n) is 17.7. The molecule has 0 radical (unpaired) electrons. The summed E-state index contributed by atoms with van der Waals surface area (Å²) in [7, 11) is 3.23. The van der Waals surface area contributed by atoms with E-state index in [4.69, 9.17) is 9.47 Å². The van der Waals surface area contributed by atoms with Crippen LogP contribution < -0.4 is 20.2 Å². The fourth-order valence-electron chi connectivity index (χ4n) is 2.63. The fraction of sp³-hybridized carbons (Fsp3) is 0.238. The number of aromatic nitrogens is 3. The molecule has 0 aliphatic carbocycles. The van der Waals surface area contributed by atoms with Gasteiger partial charge in [-0.1, -0.05) is 23.9 Å². The second-order valence-electron chi connectivity index (χ2n) is 6.53. The van der Waals surface area contributed by atoms with Gasteiger partial charge in [-0.25, -0.2) is 10.5 Å². The van der Waals surface area contributed by atoms with Crippen LogP contribution in [-0.2, 0) is 4.79 Å². The van der Waals surface area contributed by atoms with Crippen molar-refractivity contribution in [3.8, 4) is 11.5 Å². The van der Waals surface area contributed by atoms with Gasteiger partial charge in [0.05, 0.1) is 25.7 Å². The first-order chi connectivity index (χ1) is 15.0. The molecule has 0 atom stereocenters. The van der Waals surface area contributed by atoms with Crippen LogP contribution >= 0.6 is 11.8 Å². The highest BCUT2D eigenvalue weighted by atomic mass is 32.2. The molecule has 10 heteroatoms. The number of nitrogens with zero attached hydrogens (tertiary/aromatic N) is 3. The molecule has 0 bridgehead atoms. The van der Waals surface area contributed by atoms with E-state index in [1.165, 1.54) is 11.8 Å². The Balaban J connectivity index is 1.52. The Bertz CT molecular complexity index is 1080. The molecule has 1 aromatic heterocycles. The summed E-state index contributed by atoms with van der Waals surface area (Å²) >= 11 is 1.22. The maximum Gasteiger partial charge on any atom is 0.240 e. The molecule has 1 amide bonds. The van der Waals surface area contributed by atoms with Gasteiger partial charge < -0.3 is 14.8 Å². The van der Waals surface area contributed by atoms with Crippen molar-refractivity contribution in [1.82, 2.24) is 15.2 Å². The lowest BCUT2D eigenvalue weighted by atomic mass is 10.1. The summed E-state index contributed by atoms with van der Waals surface area (Å²) in [4.78, 5) is 16.5. The fourth-order valence-corrected chi connectivity index (χ4v) is 3.23. The van der Waals surface area contributed by atoms with Crippen molar-refractivity contribution in [3.63, 3.8) is 0 Å². The van der Waals surface area contributed by atoms with Crippen LogP contribution in [0.25, 0.3) is 0 Å². The molecule has 0 unspecified atom stereocenters. The minimum absolute atomic E-state index is 0.149. The number of thioether (sulfide) groups is 1. The van der Waals surface area contributed by atoms with Gasteiger partial charge in [-0.05, 0) is 49.7 Å². The Morgan fingerprint density at radius 3 is 2.68 bits per heavy atom.